The van der Waals surface area contributed by atoms with E-state index in [0.29, 0.717) is 37.5 Å². The first-order valence-electron chi connectivity index (χ1n) is 7.46. The quantitative estimate of drug-likeness (QED) is 0.797. The topological polar surface area (TPSA) is 86.5 Å². The van der Waals surface area contributed by atoms with E-state index in [2.05, 4.69) is 39.6 Å². The number of carbonyl (C=O) groups excluding carboxylic acids is 1. The fourth-order valence-corrected chi connectivity index (χ4v) is 2.69. The number of amides is 2. The molecule has 8 heteroatoms. The number of rotatable bonds is 5. The van der Waals surface area contributed by atoms with Crippen LogP contribution in [0.15, 0.2) is 4.42 Å². The van der Waals surface area contributed by atoms with E-state index in [-0.39, 0.29) is 12.1 Å². The number of hydrogen-bond acceptors (Lipinski definition) is 6. The number of aromatic nitrogens is 2. The summed E-state index contributed by atoms with van der Waals surface area (Å²) in [4.78, 5) is 15.5. The zero-order valence-electron chi connectivity index (χ0n) is 12.5. The molecule has 2 aliphatic heterocycles. The molecule has 0 bridgehead atoms. The van der Waals surface area contributed by atoms with Crippen molar-refractivity contribution in [2.24, 2.45) is 5.92 Å². The molecule has 1 unspecified atom stereocenters. The molecule has 116 valence electrons. The highest BCUT2D eigenvalue weighted by Gasteiger charge is 2.36. The SMILES string of the molecule is CC(C)CNCc1nnc(N2CCN3C(=O)NCC3C2)o1. The summed E-state index contributed by atoms with van der Waals surface area (Å²) in [5.74, 6) is 1.20. The Labute approximate surface area is 123 Å². The standard InChI is InChI=1S/C13H22N6O2/c1-9(2)5-14-7-11-16-17-13(21-11)18-3-4-19-10(8-18)6-15-12(19)20/h9-10,14H,3-8H2,1-2H3,(H,15,20). The van der Waals surface area contributed by atoms with Crippen LogP contribution in [0.2, 0.25) is 0 Å². The Bertz CT molecular complexity index is 503. The lowest BCUT2D eigenvalue weighted by Crippen LogP contribution is -2.52. The van der Waals surface area contributed by atoms with Gasteiger partial charge in [-0.3, -0.25) is 0 Å². The molecule has 0 spiro atoms. The van der Waals surface area contributed by atoms with Gasteiger partial charge in [-0.15, -0.1) is 5.10 Å². The van der Waals surface area contributed by atoms with Gasteiger partial charge in [0.25, 0.3) is 0 Å². The number of nitrogens with zero attached hydrogens (tertiary/aromatic N) is 4. The second-order valence-electron chi connectivity index (χ2n) is 5.98. The minimum Gasteiger partial charge on any atom is -0.407 e. The van der Waals surface area contributed by atoms with Crippen molar-refractivity contribution in [1.82, 2.24) is 25.7 Å². The van der Waals surface area contributed by atoms with Crippen LogP contribution in [0, 0.1) is 5.92 Å². The van der Waals surface area contributed by atoms with Crippen LogP contribution in [0.25, 0.3) is 0 Å². The molecule has 1 aromatic rings. The first kappa shape index (κ1) is 14.1. The lowest BCUT2D eigenvalue weighted by atomic mass is 10.2. The van der Waals surface area contributed by atoms with Gasteiger partial charge >= 0.3 is 12.0 Å². The normalized spacial score (nSPS) is 21.9. The van der Waals surface area contributed by atoms with Gasteiger partial charge in [-0.05, 0) is 12.5 Å². The van der Waals surface area contributed by atoms with E-state index in [1.165, 1.54) is 0 Å². The molecule has 0 aliphatic carbocycles. The first-order valence-corrected chi connectivity index (χ1v) is 7.46. The van der Waals surface area contributed by atoms with E-state index in [1.54, 1.807) is 0 Å². The maximum atomic E-state index is 11.6. The van der Waals surface area contributed by atoms with Gasteiger partial charge in [0.05, 0.1) is 12.6 Å². The summed E-state index contributed by atoms with van der Waals surface area (Å²) in [6.45, 7) is 8.67. The third-order valence-corrected chi connectivity index (χ3v) is 3.79. The molecule has 1 atom stereocenters. The van der Waals surface area contributed by atoms with Crippen LogP contribution in [-0.4, -0.2) is 59.9 Å². The Morgan fingerprint density at radius 2 is 2.29 bits per heavy atom. The van der Waals surface area contributed by atoms with Crippen LogP contribution in [0.5, 0.6) is 0 Å². The van der Waals surface area contributed by atoms with Crippen molar-refractivity contribution >= 4 is 12.0 Å². The van der Waals surface area contributed by atoms with Crippen molar-refractivity contribution < 1.29 is 9.21 Å². The van der Waals surface area contributed by atoms with Crippen LogP contribution in [-0.2, 0) is 6.54 Å². The molecule has 2 saturated heterocycles. The molecule has 0 radical (unpaired) electrons. The monoisotopic (exact) mass is 294 g/mol. The Hall–Kier alpha value is -1.83. The number of hydrogen-bond donors (Lipinski definition) is 2. The molecular formula is C13H22N6O2. The zero-order valence-corrected chi connectivity index (χ0v) is 12.5. The van der Waals surface area contributed by atoms with E-state index in [4.69, 9.17) is 4.42 Å². The molecule has 1 aromatic heterocycles. The summed E-state index contributed by atoms with van der Waals surface area (Å²) in [5, 5.41) is 14.3. The van der Waals surface area contributed by atoms with Crippen LogP contribution in [0.4, 0.5) is 10.8 Å². The smallest absolute Gasteiger partial charge is 0.318 e. The average Bonchev–Trinajstić information content (AvgIpc) is 3.06. The van der Waals surface area contributed by atoms with Crippen molar-refractivity contribution in [3.05, 3.63) is 5.89 Å². The first-order chi connectivity index (χ1) is 10.1. The van der Waals surface area contributed by atoms with Crippen LogP contribution < -0.4 is 15.5 Å². The summed E-state index contributed by atoms with van der Waals surface area (Å²) in [7, 11) is 0. The van der Waals surface area contributed by atoms with Gasteiger partial charge in [0, 0.05) is 26.2 Å². The highest BCUT2D eigenvalue weighted by molar-refractivity contribution is 5.77. The lowest BCUT2D eigenvalue weighted by molar-refractivity contribution is 0.196. The molecule has 3 rings (SSSR count). The van der Waals surface area contributed by atoms with E-state index in [9.17, 15) is 4.79 Å². The summed E-state index contributed by atoms with van der Waals surface area (Å²) in [6.07, 6.45) is 0. The van der Waals surface area contributed by atoms with Gasteiger partial charge in [0.15, 0.2) is 0 Å². The largest absolute Gasteiger partial charge is 0.407 e. The van der Waals surface area contributed by atoms with E-state index in [0.717, 1.165) is 19.6 Å². The highest BCUT2D eigenvalue weighted by Crippen LogP contribution is 2.20. The van der Waals surface area contributed by atoms with Crippen LogP contribution in [0.1, 0.15) is 19.7 Å². The number of carbonyl (C=O) groups is 1. The molecule has 2 aliphatic rings. The molecule has 8 nitrogen and oxygen atoms in total. The van der Waals surface area contributed by atoms with E-state index >= 15 is 0 Å². The van der Waals surface area contributed by atoms with Crippen molar-refractivity contribution in [1.29, 1.82) is 0 Å². The molecule has 2 amide bonds. The third-order valence-electron chi connectivity index (χ3n) is 3.79. The minimum atomic E-state index is 0.0313. The fourth-order valence-electron chi connectivity index (χ4n) is 2.69. The Balaban J connectivity index is 1.55. The van der Waals surface area contributed by atoms with Crippen LogP contribution >= 0.6 is 0 Å². The predicted octanol–water partition coefficient (Wildman–Crippen LogP) is 0.0290. The third kappa shape index (κ3) is 3.10. The number of fused-ring (bicyclic) bond motifs is 1. The molecule has 0 saturated carbocycles. The molecular weight excluding hydrogens is 272 g/mol. The summed E-state index contributed by atoms with van der Waals surface area (Å²) in [6, 6.07) is 0.778. The number of piperazine rings is 1. The van der Waals surface area contributed by atoms with Gasteiger partial charge in [-0.2, -0.15) is 0 Å². The van der Waals surface area contributed by atoms with Gasteiger partial charge in [-0.25, -0.2) is 4.79 Å². The Kier molecular flexibility index (Phi) is 3.96. The molecule has 0 aromatic carbocycles. The maximum Gasteiger partial charge on any atom is 0.318 e. The average molecular weight is 294 g/mol. The Morgan fingerprint density at radius 1 is 1.43 bits per heavy atom. The number of urea groups is 1. The lowest BCUT2D eigenvalue weighted by Gasteiger charge is -2.35. The number of nitrogens with one attached hydrogen (secondary N) is 2. The second-order valence-corrected chi connectivity index (χ2v) is 5.98. The van der Waals surface area contributed by atoms with Crippen molar-refractivity contribution in [3.8, 4) is 0 Å². The highest BCUT2D eigenvalue weighted by atomic mass is 16.4. The summed E-state index contributed by atoms with van der Waals surface area (Å²) in [5.41, 5.74) is 0. The van der Waals surface area contributed by atoms with E-state index < -0.39 is 0 Å². The fraction of sp³-hybridized carbons (Fsp3) is 0.769. The van der Waals surface area contributed by atoms with Gasteiger partial charge in [-0.1, -0.05) is 18.9 Å². The zero-order chi connectivity index (χ0) is 14.8. The van der Waals surface area contributed by atoms with Gasteiger partial charge in [0.1, 0.15) is 0 Å². The second kappa shape index (κ2) is 5.88. The minimum absolute atomic E-state index is 0.0313. The van der Waals surface area contributed by atoms with E-state index in [1.807, 2.05) is 4.90 Å². The summed E-state index contributed by atoms with van der Waals surface area (Å²) < 4.78 is 5.70. The van der Waals surface area contributed by atoms with Crippen LogP contribution in [0.3, 0.4) is 0 Å². The van der Waals surface area contributed by atoms with Crippen molar-refractivity contribution in [3.63, 3.8) is 0 Å². The maximum absolute atomic E-state index is 11.6. The molecule has 21 heavy (non-hydrogen) atoms. The van der Waals surface area contributed by atoms with Gasteiger partial charge < -0.3 is 24.9 Å². The molecule has 2 N–H and O–H groups in total. The number of anilines is 1. The Morgan fingerprint density at radius 3 is 3.10 bits per heavy atom. The van der Waals surface area contributed by atoms with Gasteiger partial charge in [0.2, 0.25) is 5.89 Å². The van der Waals surface area contributed by atoms with Crippen molar-refractivity contribution in [2.75, 3.05) is 37.6 Å². The predicted molar refractivity (Wildman–Crippen MR) is 76.9 cm³/mol. The van der Waals surface area contributed by atoms with Crippen molar-refractivity contribution in [2.45, 2.75) is 26.4 Å². The summed E-state index contributed by atoms with van der Waals surface area (Å²) >= 11 is 0. The molecule has 3 heterocycles. The molecule has 2 fully saturated rings.